The normalized spacial score (nSPS) is 13.0. The van der Waals surface area contributed by atoms with Crippen molar-refractivity contribution in [3.05, 3.63) is 62.5 Å². The second kappa shape index (κ2) is 9.56. The minimum atomic E-state index is -0.544. The molecule has 146 valence electrons. The lowest BCUT2D eigenvalue weighted by Gasteiger charge is -2.09. The van der Waals surface area contributed by atoms with E-state index in [1.54, 1.807) is 18.2 Å². The molecule has 1 aromatic heterocycles. The number of aryl methyl sites for hydroxylation is 1. The molecule has 5 nitrogen and oxygen atoms in total. The summed E-state index contributed by atoms with van der Waals surface area (Å²) in [6, 6.07) is 9.51. The van der Waals surface area contributed by atoms with Gasteiger partial charge in [0, 0.05) is 14.9 Å². The summed E-state index contributed by atoms with van der Waals surface area (Å²) in [6.45, 7) is 3.94. The Morgan fingerprint density at radius 1 is 1.34 bits per heavy atom. The van der Waals surface area contributed by atoms with Crippen molar-refractivity contribution >= 4 is 44.3 Å². The van der Waals surface area contributed by atoms with Crippen LogP contribution < -0.4 is 10.1 Å². The standard InChI is InChI=1S/C22H18BrN3O2S/c1-2-9-28-19-8-7-16(23)11-14(19)10-15(12-24)21(27)26-22-18(13-25)17-5-3-4-6-20(17)29-22/h2,7-8,10-11H,1,3-6,9H2,(H,26,27)/b15-10+. The minimum absolute atomic E-state index is 0.0678. The number of carbonyl (C=O) groups excluding carboxylic acids is 1. The van der Waals surface area contributed by atoms with Gasteiger partial charge >= 0.3 is 0 Å². The van der Waals surface area contributed by atoms with Crippen LogP contribution in [-0.4, -0.2) is 12.5 Å². The van der Waals surface area contributed by atoms with Crippen molar-refractivity contribution in [2.45, 2.75) is 25.7 Å². The van der Waals surface area contributed by atoms with E-state index < -0.39 is 5.91 Å². The zero-order valence-electron chi connectivity index (χ0n) is 15.6. The van der Waals surface area contributed by atoms with Gasteiger partial charge in [-0.1, -0.05) is 28.6 Å². The maximum Gasteiger partial charge on any atom is 0.266 e. The number of thiophene rings is 1. The Bertz CT molecular complexity index is 1070. The van der Waals surface area contributed by atoms with E-state index in [1.165, 1.54) is 17.4 Å². The highest BCUT2D eigenvalue weighted by atomic mass is 79.9. The molecule has 1 aliphatic rings. The van der Waals surface area contributed by atoms with Crippen LogP contribution in [0.2, 0.25) is 0 Å². The fourth-order valence-corrected chi connectivity index (χ4v) is 4.77. The predicted octanol–water partition coefficient (Wildman–Crippen LogP) is 5.37. The van der Waals surface area contributed by atoms with Gasteiger partial charge in [-0.15, -0.1) is 11.3 Å². The highest BCUT2D eigenvalue weighted by Crippen LogP contribution is 2.38. The highest BCUT2D eigenvalue weighted by Gasteiger charge is 2.22. The van der Waals surface area contributed by atoms with E-state index in [-0.39, 0.29) is 5.57 Å². The van der Waals surface area contributed by atoms with Crippen LogP contribution in [0.25, 0.3) is 6.08 Å². The van der Waals surface area contributed by atoms with Crippen LogP contribution in [0.5, 0.6) is 5.75 Å². The molecule has 1 amide bonds. The van der Waals surface area contributed by atoms with E-state index >= 15 is 0 Å². The first kappa shape index (κ1) is 20.9. The van der Waals surface area contributed by atoms with Gasteiger partial charge in [0.1, 0.15) is 35.1 Å². The Balaban J connectivity index is 1.90. The molecule has 0 radical (unpaired) electrons. The van der Waals surface area contributed by atoms with Crippen molar-refractivity contribution in [3.63, 3.8) is 0 Å². The molecule has 1 N–H and O–H groups in total. The van der Waals surface area contributed by atoms with Gasteiger partial charge in [0.25, 0.3) is 5.91 Å². The summed E-state index contributed by atoms with van der Waals surface area (Å²) in [5.74, 6) is -0.00445. The van der Waals surface area contributed by atoms with Crippen LogP contribution in [0.1, 0.15) is 34.4 Å². The Kier molecular flexibility index (Phi) is 6.87. The number of amides is 1. The number of ether oxygens (including phenoxy) is 1. The molecule has 1 heterocycles. The second-order valence-electron chi connectivity index (χ2n) is 6.43. The number of fused-ring (bicyclic) bond motifs is 1. The molecule has 0 saturated heterocycles. The summed E-state index contributed by atoms with van der Waals surface area (Å²) in [6.07, 6.45) is 7.02. The second-order valence-corrected chi connectivity index (χ2v) is 8.45. The number of benzene rings is 1. The molecule has 0 bridgehead atoms. The molecule has 2 aromatic rings. The molecule has 0 spiro atoms. The number of hydrogen-bond acceptors (Lipinski definition) is 5. The number of anilines is 1. The first-order valence-corrected chi connectivity index (χ1v) is 10.7. The van der Waals surface area contributed by atoms with E-state index in [2.05, 4.69) is 33.9 Å². The quantitative estimate of drug-likeness (QED) is 0.351. The molecule has 1 aliphatic carbocycles. The van der Waals surface area contributed by atoms with Crippen molar-refractivity contribution in [1.29, 1.82) is 10.5 Å². The monoisotopic (exact) mass is 467 g/mol. The smallest absolute Gasteiger partial charge is 0.266 e. The van der Waals surface area contributed by atoms with Crippen molar-refractivity contribution in [3.8, 4) is 17.9 Å². The summed E-state index contributed by atoms with van der Waals surface area (Å²) < 4.78 is 6.41. The van der Waals surface area contributed by atoms with Gasteiger partial charge < -0.3 is 10.1 Å². The van der Waals surface area contributed by atoms with Crippen molar-refractivity contribution < 1.29 is 9.53 Å². The predicted molar refractivity (Wildman–Crippen MR) is 118 cm³/mol. The summed E-state index contributed by atoms with van der Waals surface area (Å²) in [7, 11) is 0. The van der Waals surface area contributed by atoms with E-state index in [0.29, 0.717) is 28.5 Å². The number of nitrogens with zero attached hydrogens (tertiary/aromatic N) is 2. The Labute approximate surface area is 182 Å². The maximum atomic E-state index is 12.8. The molecule has 0 atom stereocenters. The van der Waals surface area contributed by atoms with Crippen LogP contribution in [0.15, 0.2) is 40.9 Å². The van der Waals surface area contributed by atoms with E-state index in [0.717, 1.165) is 40.6 Å². The van der Waals surface area contributed by atoms with Gasteiger partial charge in [-0.2, -0.15) is 10.5 Å². The third-order valence-electron chi connectivity index (χ3n) is 4.50. The number of rotatable bonds is 6. The summed E-state index contributed by atoms with van der Waals surface area (Å²) in [4.78, 5) is 13.9. The molecule has 0 saturated carbocycles. The van der Waals surface area contributed by atoms with Gasteiger partial charge in [-0.05, 0) is 55.5 Å². The van der Waals surface area contributed by atoms with Crippen LogP contribution in [0, 0.1) is 22.7 Å². The number of halogens is 1. The highest BCUT2D eigenvalue weighted by molar-refractivity contribution is 9.10. The van der Waals surface area contributed by atoms with Crippen molar-refractivity contribution in [2.24, 2.45) is 0 Å². The fraction of sp³-hybridized carbons (Fsp3) is 0.227. The molecule has 0 aliphatic heterocycles. The zero-order valence-corrected chi connectivity index (χ0v) is 18.0. The van der Waals surface area contributed by atoms with Gasteiger partial charge in [-0.25, -0.2) is 0 Å². The molecule has 29 heavy (non-hydrogen) atoms. The first-order valence-electron chi connectivity index (χ1n) is 9.08. The van der Waals surface area contributed by atoms with E-state index in [1.807, 2.05) is 12.1 Å². The summed E-state index contributed by atoms with van der Waals surface area (Å²) in [5, 5.41) is 22.4. The molecule has 0 fully saturated rings. The number of nitrogens with one attached hydrogen (secondary N) is 1. The van der Waals surface area contributed by atoms with Crippen LogP contribution in [0.4, 0.5) is 5.00 Å². The molecule has 3 rings (SSSR count). The molecular weight excluding hydrogens is 450 g/mol. The topological polar surface area (TPSA) is 85.9 Å². The lowest BCUT2D eigenvalue weighted by Crippen LogP contribution is -2.13. The Morgan fingerprint density at radius 2 is 2.14 bits per heavy atom. The summed E-state index contributed by atoms with van der Waals surface area (Å²) >= 11 is 4.83. The van der Waals surface area contributed by atoms with Crippen LogP contribution >= 0.6 is 27.3 Å². The van der Waals surface area contributed by atoms with Crippen LogP contribution in [-0.2, 0) is 17.6 Å². The van der Waals surface area contributed by atoms with Gasteiger partial charge in [0.15, 0.2) is 0 Å². The fourth-order valence-electron chi connectivity index (χ4n) is 3.16. The van der Waals surface area contributed by atoms with Crippen molar-refractivity contribution in [2.75, 3.05) is 11.9 Å². The number of carbonyl (C=O) groups is 1. The maximum absolute atomic E-state index is 12.8. The van der Waals surface area contributed by atoms with Crippen LogP contribution in [0.3, 0.4) is 0 Å². The Morgan fingerprint density at radius 3 is 2.86 bits per heavy atom. The van der Waals surface area contributed by atoms with E-state index in [4.69, 9.17) is 4.74 Å². The van der Waals surface area contributed by atoms with Crippen molar-refractivity contribution in [1.82, 2.24) is 0 Å². The van der Waals surface area contributed by atoms with Gasteiger partial charge in [-0.3, -0.25) is 4.79 Å². The summed E-state index contributed by atoms with van der Waals surface area (Å²) in [5.41, 5.74) is 2.09. The zero-order chi connectivity index (χ0) is 20.8. The average Bonchev–Trinajstić information content (AvgIpc) is 3.08. The third kappa shape index (κ3) is 4.76. The number of nitriles is 2. The SMILES string of the molecule is C=CCOc1ccc(Br)cc1/C=C(\C#N)C(=O)Nc1sc2c(c1C#N)CCCC2. The molecule has 1 aromatic carbocycles. The van der Waals surface area contributed by atoms with Gasteiger partial charge in [0.2, 0.25) is 0 Å². The minimum Gasteiger partial charge on any atom is -0.489 e. The average molecular weight is 468 g/mol. The third-order valence-corrected chi connectivity index (χ3v) is 6.20. The Hall–Kier alpha value is -2.87. The molecular formula is C22H18BrN3O2S. The number of hydrogen-bond donors (Lipinski definition) is 1. The van der Waals surface area contributed by atoms with E-state index in [9.17, 15) is 15.3 Å². The first-order chi connectivity index (χ1) is 14.1. The van der Waals surface area contributed by atoms with Gasteiger partial charge in [0.05, 0.1) is 5.56 Å². The molecule has 0 unspecified atom stereocenters. The largest absolute Gasteiger partial charge is 0.489 e. The molecule has 7 heteroatoms. The lowest BCUT2D eigenvalue weighted by atomic mass is 9.96. The lowest BCUT2D eigenvalue weighted by molar-refractivity contribution is -0.112.